The van der Waals surface area contributed by atoms with Crippen LogP contribution in [-0.4, -0.2) is 19.6 Å². The summed E-state index contributed by atoms with van der Waals surface area (Å²) >= 11 is 0. The molecule has 4 aliphatic rings. The second-order valence-electron chi connectivity index (χ2n) is 8.24. The lowest BCUT2D eigenvalue weighted by Gasteiger charge is -2.56. The van der Waals surface area contributed by atoms with Crippen molar-refractivity contribution in [1.82, 2.24) is 5.32 Å². The zero-order valence-corrected chi connectivity index (χ0v) is 14.5. The number of benzene rings is 1. The highest BCUT2D eigenvalue weighted by atomic mass is 16.5. The van der Waals surface area contributed by atoms with E-state index in [9.17, 15) is 4.79 Å². The van der Waals surface area contributed by atoms with Gasteiger partial charge in [0.05, 0.1) is 7.11 Å². The lowest BCUT2D eigenvalue weighted by Crippen LogP contribution is -2.51. The van der Waals surface area contributed by atoms with Gasteiger partial charge in [-0.2, -0.15) is 0 Å². The van der Waals surface area contributed by atoms with E-state index in [1.807, 2.05) is 30.3 Å². The highest BCUT2D eigenvalue weighted by Gasteiger charge is 2.50. The second kappa shape index (κ2) is 6.27. The molecule has 0 radical (unpaired) electrons. The Morgan fingerprint density at radius 3 is 2.25 bits per heavy atom. The summed E-state index contributed by atoms with van der Waals surface area (Å²) in [5.74, 6) is 3.66. The number of hydrogen-bond acceptors (Lipinski definition) is 2. The number of methoxy groups -OCH3 is 1. The molecule has 0 heterocycles. The van der Waals surface area contributed by atoms with E-state index in [-0.39, 0.29) is 5.91 Å². The van der Waals surface area contributed by atoms with Crippen LogP contribution in [0.25, 0.3) is 6.08 Å². The van der Waals surface area contributed by atoms with Crippen LogP contribution in [0.2, 0.25) is 0 Å². The minimum Gasteiger partial charge on any atom is -0.497 e. The first kappa shape index (κ1) is 15.7. The normalized spacial score (nSPS) is 33.8. The number of carbonyl (C=O) groups is 1. The zero-order valence-electron chi connectivity index (χ0n) is 14.5. The third-order valence-corrected chi connectivity index (χ3v) is 6.35. The molecule has 1 aromatic rings. The molecule has 3 nitrogen and oxygen atoms in total. The first-order valence-electron chi connectivity index (χ1n) is 9.24. The predicted octanol–water partition coefficient (Wildman–Crippen LogP) is 4.04. The van der Waals surface area contributed by atoms with E-state index >= 15 is 0 Å². The van der Waals surface area contributed by atoms with Crippen LogP contribution < -0.4 is 10.1 Å². The average molecular weight is 325 g/mol. The standard InChI is InChI=1S/C21H27NO2/c1-24-19-5-2-15(3-6-19)4-7-20(23)22-14-21-11-16-8-17(12-21)10-18(9-16)13-21/h2-7,16-18H,8-14H2,1H3,(H,22,23)/b7-4+. The van der Waals surface area contributed by atoms with Crippen LogP contribution in [0.3, 0.4) is 0 Å². The predicted molar refractivity (Wildman–Crippen MR) is 95.6 cm³/mol. The Hall–Kier alpha value is -1.77. The average Bonchev–Trinajstić information content (AvgIpc) is 2.57. The van der Waals surface area contributed by atoms with Gasteiger partial charge in [0.15, 0.2) is 0 Å². The maximum Gasteiger partial charge on any atom is 0.244 e. The van der Waals surface area contributed by atoms with Crippen LogP contribution in [0.4, 0.5) is 0 Å². The van der Waals surface area contributed by atoms with E-state index in [0.29, 0.717) is 5.41 Å². The number of rotatable bonds is 5. The molecule has 4 bridgehead atoms. The summed E-state index contributed by atoms with van der Waals surface area (Å²) in [6.07, 6.45) is 11.9. The summed E-state index contributed by atoms with van der Waals surface area (Å²) < 4.78 is 5.15. The lowest BCUT2D eigenvalue weighted by molar-refractivity contribution is -0.118. The maximum absolute atomic E-state index is 12.2. The molecular formula is C21H27NO2. The molecule has 0 saturated heterocycles. The molecule has 0 aromatic heterocycles. The van der Waals surface area contributed by atoms with Crippen molar-refractivity contribution >= 4 is 12.0 Å². The molecule has 1 N–H and O–H groups in total. The topological polar surface area (TPSA) is 38.3 Å². The van der Waals surface area contributed by atoms with Crippen LogP contribution in [-0.2, 0) is 4.79 Å². The van der Waals surface area contributed by atoms with E-state index in [0.717, 1.165) is 35.6 Å². The van der Waals surface area contributed by atoms with Crippen molar-refractivity contribution in [1.29, 1.82) is 0 Å². The molecule has 4 saturated carbocycles. The fourth-order valence-electron chi connectivity index (χ4n) is 5.73. The Morgan fingerprint density at radius 2 is 1.71 bits per heavy atom. The van der Waals surface area contributed by atoms with E-state index < -0.39 is 0 Å². The Labute approximate surface area is 144 Å². The van der Waals surface area contributed by atoms with Gasteiger partial charge >= 0.3 is 0 Å². The van der Waals surface area contributed by atoms with Crippen LogP contribution in [0, 0.1) is 23.2 Å². The van der Waals surface area contributed by atoms with Gasteiger partial charge in [-0.05, 0) is 85.5 Å². The van der Waals surface area contributed by atoms with Crippen molar-refractivity contribution in [2.45, 2.75) is 38.5 Å². The van der Waals surface area contributed by atoms with Crippen molar-refractivity contribution < 1.29 is 9.53 Å². The van der Waals surface area contributed by atoms with Gasteiger partial charge < -0.3 is 10.1 Å². The molecular weight excluding hydrogens is 298 g/mol. The largest absolute Gasteiger partial charge is 0.497 e. The van der Waals surface area contributed by atoms with Crippen LogP contribution >= 0.6 is 0 Å². The zero-order chi connectivity index (χ0) is 16.6. The smallest absolute Gasteiger partial charge is 0.244 e. The van der Waals surface area contributed by atoms with Gasteiger partial charge in [0.1, 0.15) is 5.75 Å². The summed E-state index contributed by atoms with van der Waals surface area (Å²) in [5.41, 5.74) is 1.42. The monoisotopic (exact) mass is 325 g/mol. The minimum absolute atomic E-state index is 0.0292. The Morgan fingerprint density at radius 1 is 1.12 bits per heavy atom. The molecule has 24 heavy (non-hydrogen) atoms. The number of hydrogen-bond donors (Lipinski definition) is 1. The first-order valence-corrected chi connectivity index (χ1v) is 9.24. The van der Waals surface area contributed by atoms with E-state index in [2.05, 4.69) is 5.32 Å². The van der Waals surface area contributed by atoms with Crippen molar-refractivity contribution in [3.05, 3.63) is 35.9 Å². The summed E-state index contributed by atoms with van der Waals surface area (Å²) in [4.78, 5) is 12.2. The van der Waals surface area contributed by atoms with E-state index in [1.54, 1.807) is 13.2 Å². The maximum atomic E-state index is 12.2. The summed E-state index contributed by atoms with van der Waals surface area (Å²) in [6.45, 7) is 0.863. The number of nitrogens with one attached hydrogen (secondary N) is 1. The van der Waals surface area contributed by atoms with Gasteiger partial charge in [0.2, 0.25) is 5.91 Å². The molecule has 4 fully saturated rings. The third kappa shape index (κ3) is 3.22. The molecule has 1 aromatic carbocycles. The van der Waals surface area contributed by atoms with Gasteiger partial charge in [0.25, 0.3) is 0 Å². The van der Waals surface area contributed by atoms with Gasteiger partial charge in [0, 0.05) is 12.6 Å². The molecule has 0 atom stereocenters. The molecule has 4 aliphatic carbocycles. The van der Waals surface area contributed by atoms with E-state index in [4.69, 9.17) is 4.74 Å². The Kier molecular flexibility index (Phi) is 4.11. The van der Waals surface area contributed by atoms with Crippen LogP contribution in [0.15, 0.2) is 30.3 Å². The van der Waals surface area contributed by atoms with Crippen LogP contribution in [0.5, 0.6) is 5.75 Å². The van der Waals surface area contributed by atoms with Gasteiger partial charge in [-0.25, -0.2) is 0 Å². The molecule has 128 valence electrons. The highest BCUT2D eigenvalue weighted by Crippen LogP contribution is 2.59. The number of amides is 1. The van der Waals surface area contributed by atoms with Crippen molar-refractivity contribution in [3.8, 4) is 5.75 Å². The summed E-state index contributed by atoms with van der Waals surface area (Å²) in [6, 6.07) is 7.74. The summed E-state index contributed by atoms with van der Waals surface area (Å²) in [5, 5.41) is 3.18. The Bertz CT molecular complexity index is 596. The number of ether oxygens (including phenoxy) is 1. The minimum atomic E-state index is 0.0292. The fourth-order valence-corrected chi connectivity index (χ4v) is 5.73. The number of carbonyl (C=O) groups excluding carboxylic acids is 1. The van der Waals surface area contributed by atoms with Gasteiger partial charge in [-0.1, -0.05) is 12.1 Å². The SMILES string of the molecule is COc1ccc(/C=C/C(=O)NCC23CC4CC(CC(C4)C2)C3)cc1. The summed E-state index contributed by atoms with van der Waals surface area (Å²) in [7, 11) is 1.66. The second-order valence-corrected chi connectivity index (χ2v) is 8.24. The van der Waals surface area contributed by atoms with E-state index in [1.165, 1.54) is 38.5 Å². The Balaban J connectivity index is 1.32. The molecule has 0 spiro atoms. The fraction of sp³-hybridized carbons (Fsp3) is 0.571. The molecule has 5 rings (SSSR count). The third-order valence-electron chi connectivity index (χ3n) is 6.35. The van der Waals surface area contributed by atoms with Gasteiger partial charge in [-0.15, -0.1) is 0 Å². The van der Waals surface area contributed by atoms with Crippen molar-refractivity contribution in [3.63, 3.8) is 0 Å². The molecule has 0 aliphatic heterocycles. The highest BCUT2D eigenvalue weighted by molar-refractivity contribution is 5.91. The quantitative estimate of drug-likeness (QED) is 0.830. The van der Waals surface area contributed by atoms with Crippen molar-refractivity contribution in [2.24, 2.45) is 23.2 Å². The van der Waals surface area contributed by atoms with Crippen molar-refractivity contribution in [2.75, 3.05) is 13.7 Å². The molecule has 0 unspecified atom stereocenters. The van der Waals surface area contributed by atoms with Gasteiger partial charge in [-0.3, -0.25) is 4.79 Å². The molecule has 3 heteroatoms. The first-order chi connectivity index (χ1) is 11.6. The molecule has 1 amide bonds. The lowest BCUT2D eigenvalue weighted by atomic mass is 9.49. The van der Waals surface area contributed by atoms with Crippen LogP contribution in [0.1, 0.15) is 44.1 Å².